The number of aromatic amines is 1. The molecule has 0 aliphatic heterocycles. The Kier molecular flexibility index (Phi) is 3.82. The highest BCUT2D eigenvalue weighted by atomic mass is 32.2. The Labute approximate surface area is 125 Å². The van der Waals surface area contributed by atoms with E-state index in [-0.39, 0.29) is 10.8 Å². The van der Waals surface area contributed by atoms with Gasteiger partial charge in [-0.25, -0.2) is 18.1 Å². The van der Waals surface area contributed by atoms with Crippen LogP contribution in [-0.2, 0) is 16.6 Å². The fourth-order valence-corrected chi connectivity index (χ4v) is 3.77. The highest BCUT2D eigenvalue weighted by Crippen LogP contribution is 2.16. The zero-order valence-electron chi connectivity index (χ0n) is 10.9. The van der Waals surface area contributed by atoms with Gasteiger partial charge in [-0.15, -0.1) is 11.3 Å². The third-order valence-corrected chi connectivity index (χ3v) is 5.55. The van der Waals surface area contributed by atoms with Crippen LogP contribution in [0.1, 0.15) is 5.82 Å². The average molecular weight is 320 g/mol. The summed E-state index contributed by atoms with van der Waals surface area (Å²) in [6.45, 7) is 0.0695. The van der Waals surface area contributed by atoms with E-state index in [0.29, 0.717) is 11.6 Å². The summed E-state index contributed by atoms with van der Waals surface area (Å²) in [6.07, 6.45) is 0. The lowest BCUT2D eigenvalue weighted by Gasteiger charge is -2.01. The van der Waals surface area contributed by atoms with Crippen LogP contribution in [0.15, 0.2) is 52.1 Å². The molecule has 0 aliphatic carbocycles. The van der Waals surface area contributed by atoms with E-state index in [1.54, 1.807) is 17.5 Å². The maximum Gasteiger partial charge on any atom is 0.250 e. The molecule has 1 aromatic carbocycles. The van der Waals surface area contributed by atoms with Gasteiger partial charge >= 0.3 is 0 Å². The molecule has 6 nitrogen and oxygen atoms in total. The van der Waals surface area contributed by atoms with Crippen LogP contribution in [0.5, 0.6) is 0 Å². The number of nitrogens with zero attached hydrogens (tertiary/aromatic N) is 2. The maximum atomic E-state index is 12.0. The molecule has 108 valence electrons. The molecule has 21 heavy (non-hydrogen) atoms. The van der Waals surface area contributed by atoms with Gasteiger partial charge in [-0.2, -0.15) is 5.10 Å². The number of hydrogen-bond donors (Lipinski definition) is 2. The molecule has 3 rings (SSSR count). The van der Waals surface area contributed by atoms with Gasteiger partial charge in [0.1, 0.15) is 10.0 Å². The highest BCUT2D eigenvalue weighted by Gasteiger charge is 2.15. The Morgan fingerprint density at radius 3 is 2.67 bits per heavy atom. The monoisotopic (exact) mass is 320 g/mol. The molecule has 0 saturated carbocycles. The van der Waals surface area contributed by atoms with Crippen molar-refractivity contribution in [3.63, 3.8) is 0 Å². The van der Waals surface area contributed by atoms with Gasteiger partial charge in [-0.3, -0.25) is 5.10 Å². The molecule has 0 atom stereocenters. The van der Waals surface area contributed by atoms with Crippen LogP contribution < -0.4 is 4.72 Å². The van der Waals surface area contributed by atoms with E-state index in [2.05, 4.69) is 19.9 Å². The number of H-pyrrole nitrogens is 1. The van der Waals surface area contributed by atoms with Gasteiger partial charge in [0.2, 0.25) is 10.0 Å². The molecule has 2 N–H and O–H groups in total. The van der Waals surface area contributed by atoms with E-state index < -0.39 is 10.0 Å². The Hall–Kier alpha value is -2.03. The smallest absolute Gasteiger partial charge is 0.250 e. The molecule has 0 unspecified atom stereocenters. The molecule has 3 aromatic rings. The lowest BCUT2D eigenvalue weighted by Crippen LogP contribution is -2.23. The largest absolute Gasteiger partial charge is 0.262 e. The van der Waals surface area contributed by atoms with Crippen molar-refractivity contribution in [1.29, 1.82) is 0 Å². The van der Waals surface area contributed by atoms with Crippen molar-refractivity contribution in [2.45, 2.75) is 10.8 Å². The van der Waals surface area contributed by atoms with Crippen LogP contribution >= 0.6 is 11.3 Å². The number of aromatic nitrogens is 3. The average Bonchev–Trinajstić information content (AvgIpc) is 3.18. The Balaban J connectivity index is 1.71. The standard InChI is InChI=1S/C13H12N4O2S2/c18-21(19,12-7-4-8-20-12)14-9-11-15-13(17-16-11)10-5-2-1-3-6-10/h1-8,14H,9H2,(H,15,16,17). The minimum absolute atomic E-state index is 0.0695. The molecule has 0 amide bonds. The highest BCUT2D eigenvalue weighted by molar-refractivity contribution is 7.91. The van der Waals surface area contributed by atoms with Gasteiger partial charge in [0.05, 0.1) is 6.54 Å². The normalized spacial score (nSPS) is 11.6. The van der Waals surface area contributed by atoms with Gasteiger partial charge in [-0.05, 0) is 11.4 Å². The number of benzene rings is 1. The molecule has 0 fully saturated rings. The molecule has 2 aromatic heterocycles. The summed E-state index contributed by atoms with van der Waals surface area (Å²) in [5.41, 5.74) is 0.876. The van der Waals surface area contributed by atoms with E-state index in [1.807, 2.05) is 30.3 Å². The first-order chi connectivity index (χ1) is 10.1. The van der Waals surface area contributed by atoms with Crippen LogP contribution in [0, 0.1) is 0 Å². The second-order valence-corrected chi connectivity index (χ2v) is 7.17. The molecule has 2 heterocycles. The predicted molar refractivity (Wildman–Crippen MR) is 80.2 cm³/mol. The molecule has 0 spiro atoms. The van der Waals surface area contributed by atoms with Crippen molar-refractivity contribution in [2.24, 2.45) is 0 Å². The maximum absolute atomic E-state index is 12.0. The quantitative estimate of drug-likeness (QED) is 0.753. The number of rotatable bonds is 5. The molecule has 0 aliphatic rings. The summed E-state index contributed by atoms with van der Waals surface area (Å²) in [5.74, 6) is 1.01. The van der Waals surface area contributed by atoms with E-state index in [0.717, 1.165) is 5.56 Å². The summed E-state index contributed by atoms with van der Waals surface area (Å²) < 4.78 is 26.7. The Morgan fingerprint density at radius 1 is 1.14 bits per heavy atom. The molecular formula is C13H12N4O2S2. The van der Waals surface area contributed by atoms with E-state index in [9.17, 15) is 8.42 Å². The Bertz CT molecular complexity index is 811. The summed E-state index contributed by atoms with van der Waals surface area (Å²) in [4.78, 5) is 4.27. The molecular weight excluding hydrogens is 308 g/mol. The van der Waals surface area contributed by atoms with Crippen molar-refractivity contribution in [1.82, 2.24) is 19.9 Å². The van der Waals surface area contributed by atoms with E-state index >= 15 is 0 Å². The first kappa shape index (κ1) is 13.9. The molecule has 8 heteroatoms. The van der Waals surface area contributed by atoms with Gasteiger partial charge in [0.25, 0.3) is 0 Å². The molecule has 0 radical (unpaired) electrons. The summed E-state index contributed by atoms with van der Waals surface area (Å²) in [5, 5.41) is 8.54. The van der Waals surface area contributed by atoms with Crippen LogP contribution in [-0.4, -0.2) is 23.6 Å². The second kappa shape index (κ2) is 5.76. The number of thiophene rings is 1. The first-order valence-corrected chi connectivity index (χ1v) is 8.51. The number of nitrogens with one attached hydrogen (secondary N) is 2. The van der Waals surface area contributed by atoms with Gasteiger partial charge < -0.3 is 0 Å². The zero-order valence-corrected chi connectivity index (χ0v) is 12.5. The number of sulfonamides is 1. The van der Waals surface area contributed by atoms with Crippen molar-refractivity contribution < 1.29 is 8.42 Å². The first-order valence-electron chi connectivity index (χ1n) is 6.15. The molecule has 0 saturated heterocycles. The molecule has 0 bridgehead atoms. The lowest BCUT2D eigenvalue weighted by atomic mass is 10.2. The minimum Gasteiger partial charge on any atom is -0.262 e. The van der Waals surface area contributed by atoms with Crippen LogP contribution in [0.2, 0.25) is 0 Å². The SMILES string of the molecule is O=S(=O)(NCc1nc(-c2ccccc2)n[nH]1)c1cccs1. The summed E-state index contributed by atoms with van der Waals surface area (Å²) >= 11 is 1.17. The third kappa shape index (κ3) is 3.18. The van der Waals surface area contributed by atoms with Crippen molar-refractivity contribution in [3.05, 3.63) is 53.7 Å². The van der Waals surface area contributed by atoms with Crippen LogP contribution in [0.3, 0.4) is 0 Å². The minimum atomic E-state index is -3.49. The third-order valence-electron chi connectivity index (χ3n) is 2.75. The van der Waals surface area contributed by atoms with Crippen LogP contribution in [0.4, 0.5) is 0 Å². The fourth-order valence-electron chi connectivity index (χ4n) is 1.74. The van der Waals surface area contributed by atoms with E-state index in [4.69, 9.17) is 0 Å². The van der Waals surface area contributed by atoms with Gasteiger partial charge in [0, 0.05) is 5.56 Å². The van der Waals surface area contributed by atoms with Gasteiger partial charge in [-0.1, -0.05) is 36.4 Å². The van der Waals surface area contributed by atoms with E-state index in [1.165, 1.54) is 11.3 Å². The predicted octanol–water partition coefficient (Wildman–Crippen LogP) is 2.01. The topological polar surface area (TPSA) is 87.7 Å². The lowest BCUT2D eigenvalue weighted by molar-refractivity contribution is 0.581. The second-order valence-electron chi connectivity index (χ2n) is 4.23. The fraction of sp³-hybridized carbons (Fsp3) is 0.0769. The van der Waals surface area contributed by atoms with Crippen molar-refractivity contribution >= 4 is 21.4 Å². The van der Waals surface area contributed by atoms with Crippen LogP contribution in [0.25, 0.3) is 11.4 Å². The van der Waals surface area contributed by atoms with Crippen molar-refractivity contribution in [3.8, 4) is 11.4 Å². The zero-order chi connectivity index (χ0) is 14.7. The Morgan fingerprint density at radius 2 is 1.95 bits per heavy atom. The number of hydrogen-bond acceptors (Lipinski definition) is 5. The summed E-state index contributed by atoms with van der Waals surface area (Å²) in [7, 11) is -3.49. The summed E-state index contributed by atoms with van der Waals surface area (Å²) in [6, 6.07) is 12.7. The van der Waals surface area contributed by atoms with Crippen molar-refractivity contribution in [2.75, 3.05) is 0 Å². The van der Waals surface area contributed by atoms with Gasteiger partial charge in [0.15, 0.2) is 5.82 Å².